The lowest BCUT2D eigenvalue weighted by molar-refractivity contribution is -0.877. The summed E-state index contributed by atoms with van der Waals surface area (Å²) in [5, 5.41) is 19.2. The summed E-state index contributed by atoms with van der Waals surface area (Å²) in [5.41, 5.74) is -1.09. The SMILES string of the molecule is CC(C)CC[C@@](O)(CC(=O)O)C[N+](C)(C)C. The summed E-state index contributed by atoms with van der Waals surface area (Å²) in [6, 6.07) is 0. The molecule has 0 saturated heterocycles. The van der Waals surface area contributed by atoms with Gasteiger partial charge in [-0.2, -0.15) is 0 Å². The van der Waals surface area contributed by atoms with Gasteiger partial charge in [0.1, 0.15) is 12.1 Å². The predicted octanol–water partition coefficient (Wildman–Crippen LogP) is 1.33. The molecule has 0 rings (SSSR count). The molecule has 0 aromatic carbocycles. The standard InChI is InChI=1S/C12H25NO3/c1-10(2)6-7-12(16,8-11(14)15)9-13(3,4)5/h10,16H,6-9H2,1-5H3/p+1/t12-/m1/s1. The van der Waals surface area contributed by atoms with Crippen LogP contribution in [-0.4, -0.2) is 54.0 Å². The van der Waals surface area contributed by atoms with Gasteiger partial charge in [-0.05, 0) is 18.8 Å². The third kappa shape index (κ3) is 7.65. The Morgan fingerprint density at radius 3 is 2.12 bits per heavy atom. The van der Waals surface area contributed by atoms with Crippen LogP contribution in [0, 0.1) is 5.92 Å². The van der Waals surface area contributed by atoms with Crippen LogP contribution in [0.3, 0.4) is 0 Å². The quantitative estimate of drug-likeness (QED) is 0.651. The molecule has 1 atom stereocenters. The van der Waals surface area contributed by atoms with Gasteiger partial charge >= 0.3 is 5.97 Å². The highest BCUT2D eigenvalue weighted by Crippen LogP contribution is 2.23. The first-order valence-electron chi connectivity index (χ1n) is 5.79. The average Bonchev–Trinajstić information content (AvgIpc) is 1.95. The van der Waals surface area contributed by atoms with Crippen molar-refractivity contribution in [2.24, 2.45) is 5.92 Å². The minimum Gasteiger partial charge on any atom is -0.481 e. The van der Waals surface area contributed by atoms with Crippen LogP contribution in [0.25, 0.3) is 0 Å². The van der Waals surface area contributed by atoms with Gasteiger partial charge in [0.15, 0.2) is 0 Å². The maximum Gasteiger partial charge on any atom is 0.306 e. The fourth-order valence-electron chi connectivity index (χ4n) is 1.95. The van der Waals surface area contributed by atoms with E-state index in [0.717, 1.165) is 6.42 Å². The zero-order chi connectivity index (χ0) is 13.0. The minimum atomic E-state index is -1.09. The first kappa shape index (κ1) is 15.4. The van der Waals surface area contributed by atoms with Crippen LogP contribution in [0.4, 0.5) is 0 Å². The summed E-state index contributed by atoms with van der Waals surface area (Å²) in [4.78, 5) is 10.8. The number of hydrogen-bond donors (Lipinski definition) is 2. The van der Waals surface area contributed by atoms with Crippen molar-refractivity contribution < 1.29 is 19.5 Å². The maximum absolute atomic E-state index is 10.8. The van der Waals surface area contributed by atoms with E-state index in [1.807, 2.05) is 21.1 Å². The number of carbonyl (C=O) groups is 1. The summed E-state index contributed by atoms with van der Waals surface area (Å²) >= 11 is 0. The number of quaternary nitrogens is 1. The topological polar surface area (TPSA) is 57.5 Å². The number of aliphatic hydroxyl groups is 1. The van der Waals surface area contributed by atoms with E-state index in [9.17, 15) is 9.90 Å². The molecule has 0 aromatic rings. The number of aliphatic carboxylic acids is 1. The maximum atomic E-state index is 10.8. The number of likely N-dealkylation sites (N-methyl/N-ethyl adjacent to an activating group) is 1. The van der Waals surface area contributed by atoms with Crippen molar-refractivity contribution in [3.8, 4) is 0 Å². The molecule has 0 aliphatic heterocycles. The molecule has 0 aliphatic rings. The summed E-state index contributed by atoms with van der Waals surface area (Å²) in [7, 11) is 5.88. The molecular weight excluding hydrogens is 206 g/mol. The Bertz CT molecular complexity index is 233. The van der Waals surface area contributed by atoms with Crippen LogP contribution in [0.1, 0.15) is 33.1 Å². The normalized spacial score (nSPS) is 16.2. The van der Waals surface area contributed by atoms with Crippen molar-refractivity contribution >= 4 is 5.97 Å². The predicted molar refractivity (Wildman–Crippen MR) is 64.2 cm³/mol. The first-order valence-corrected chi connectivity index (χ1v) is 5.79. The Balaban J connectivity index is 4.54. The molecule has 96 valence electrons. The fraction of sp³-hybridized carbons (Fsp3) is 0.917. The molecule has 0 unspecified atom stereocenters. The van der Waals surface area contributed by atoms with E-state index >= 15 is 0 Å². The van der Waals surface area contributed by atoms with Gasteiger partial charge in [0.2, 0.25) is 0 Å². The number of carboxylic acid groups (broad SMARTS) is 1. The lowest BCUT2D eigenvalue weighted by atomic mass is 9.89. The second-order valence-electron chi connectivity index (χ2n) is 6.18. The van der Waals surface area contributed by atoms with Crippen LogP contribution < -0.4 is 0 Å². The highest BCUT2D eigenvalue weighted by molar-refractivity contribution is 5.68. The summed E-state index contributed by atoms with van der Waals surface area (Å²) in [5.74, 6) is -0.451. The smallest absolute Gasteiger partial charge is 0.306 e. The molecule has 0 aromatic heterocycles. The van der Waals surface area contributed by atoms with Crippen molar-refractivity contribution in [1.82, 2.24) is 0 Å². The molecule has 2 N–H and O–H groups in total. The van der Waals surface area contributed by atoms with Crippen molar-refractivity contribution in [3.05, 3.63) is 0 Å². The highest BCUT2D eigenvalue weighted by Gasteiger charge is 2.35. The van der Waals surface area contributed by atoms with Gasteiger partial charge in [-0.3, -0.25) is 4.79 Å². The summed E-state index contributed by atoms with van der Waals surface area (Å²) in [6.07, 6.45) is 1.23. The van der Waals surface area contributed by atoms with Crippen LogP contribution in [0.15, 0.2) is 0 Å². The summed E-state index contributed by atoms with van der Waals surface area (Å²) in [6.45, 7) is 4.62. The van der Waals surface area contributed by atoms with Crippen molar-refractivity contribution in [1.29, 1.82) is 0 Å². The molecule has 0 bridgehead atoms. The zero-order valence-corrected chi connectivity index (χ0v) is 11.2. The van der Waals surface area contributed by atoms with E-state index in [2.05, 4.69) is 13.8 Å². The Labute approximate surface area is 98.5 Å². The van der Waals surface area contributed by atoms with Crippen molar-refractivity contribution in [2.75, 3.05) is 27.7 Å². The van der Waals surface area contributed by atoms with E-state index in [4.69, 9.17) is 5.11 Å². The molecular formula is C12H26NO3+. The van der Waals surface area contributed by atoms with Crippen LogP contribution in [0.5, 0.6) is 0 Å². The molecule has 4 nitrogen and oxygen atoms in total. The van der Waals surface area contributed by atoms with Crippen molar-refractivity contribution in [2.45, 2.75) is 38.7 Å². The fourth-order valence-corrected chi connectivity index (χ4v) is 1.95. The molecule has 0 aliphatic carbocycles. The Hall–Kier alpha value is -0.610. The van der Waals surface area contributed by atoms with Gasteiger partial charge in [0.25, 0.3) is 0 Å². The highest BCUT2D eigenvalue weighted by atomic mass is 16.4. The molecule has 0 amide bonds. The molecule has 4 heteroatoms. The summed E-state index contributed by atoms with van der Waals surface area (Å²) < 4.78 is 0.571. The Morgan fingerprint density at radius 1 is 1.31 bits per heavy atom. The van der Waals surface area contributed by atoms with Gasteiger partial charge in [0, 0.05) is 0 Å². The molecule has 0 heterocycles. The van der Waals surface area contributed by atoms with E-state index in [1.165, 1.54) is 0 Å². The van der Waals surface area contributed by atoms with Crippen LogP contribution in [-0.2, 0) is 4.79 Å². The van der Waals surface area contributed by atoms with Gasteiger partial charge in [-0.15, -0.1) is 0 Å². The monoisotopic (exact) mass is 232 g/mol. The second-order valence-corrected chi connectivity index (χ2v) is 6.18. The van der Waals surface area contributed by atoms with E-state index in [-0.39, 0.29) is 6.42 Å². The van der Waals surface area contributed by atoms with Gasteiger partial charge in [-0.1, -0.05) is 13.8 Å². The first-order chi connectivity index (χ1) is 7.04. The Morgan fingerprint density at radius 2 is 1.81 bits per heavy atom. The number of carboxylic acids is 1. The van der Waals surface area contributed by atoms with Crippen LogP contribution >= 0.6 is 0 Å². The molecule has 0 spiro atoms. The molecule has 0 fully saturated rings. The third-order valence-electron chi connectivity index (χ3n) is 2.44. The number of hydrogen-bond acceptors (Lipinski definition) is 2. The lowest BCUT2D eigenvalue weighted by Gasteiger charge is -2.35. The molecule has 0 radical (unpaired) electrons. The largest absolute Gasteiger partial charge is 0.481 e. The minimum absolute atomic E-state index is 0.171. The third-order valence-corrected chi connectivity index (χ3v) is 2.44. The van der Waals surface area contributed by atoms with E-state index < -0.39 is 11.6 Å². The number of rotatable bonds is 7. The number of nitrogens with zero attached hydrogens (tertiary/aromatic N) is 1. The van der Waals surface area contributed by atoms with Gasteiger partial charge in [0.05, 0.1) is 27.6 Å². The Kier molecular flexibility index (Phi) is 5.42. The van der Waals surface area contributed by atoms with Crippen molar-refractivity contribution in [3.63, 3.8) is 0 Å². The second kappa shape index (κ2) is 5.64. The van der Waals surface area contributed by atoms with E-state index in [0.29, 0.717) is 23.4 Å². The zero-order valence-electron chi connectivity index (χ0n) is 11.2. The lowest BCUT2D eigenvalue weighted by Crippen LogP contribution is -2.50. The van der Waals surface area contributed by atoms with E-state index in [1.54, 1.807) is 0 Å². The van der Waals surface area contributed by atoms with Crippen LogP contribution in [0.2, 0.25) is 0 Å². The van der Waals surface area contributed by atoms with Gasteiger partial charge in [-0.25, -0.2) is 0 Å². The van der Waals surface area contributed by atoms with Gasteiger partial charge < -0.3 is 14.7 Å². The molecule has 16 heavy (non-hydrogen) atoms. The molecule has 0 saturated carbocycles. The average molecular weight is 232 g/mol.